The number of nitrogens with zero attached hydrogens (tertiary/aromatic N) is 1. The van der Waals surface area contributed by atoms with Crippen molar-refractivity contribution in [3.63, 3.8) is 0 Å². The quantitative estimate of drug-likeness (QED) is 0.734. The summed E-state index contributed by atoms with van der Waals surface area (Å²) in [6, 6.07) is 0. The first kappa shape index (κ1) is 8.60. The van der Waals surface area contributed by atoms with Crippen LogP contribution in [0.5, 0.6) is 5.88 Å². The molecular formula is C10H16N2O. The maximum Gasteiger partial charge on any atom is 0.232 e. The number of aromatic amines is 1. The number of hydrogen-bond donors (Lipinski definition) is 2. The van der Waals surface area contributed by atoms with Crippen LogP contribution in [0.4, 0.5) is 0 Å². The number of aromatic hydroxyl groups is 1. The first-order valence-electron chi connectivity index (χ1n) is 4.97. The molecule has 3 nitrogen and oxygen atoms in total. The summed E-state index contributed by atoms with van der Waals surface area (Å²) in [4.78, 5) is 7.38. The normalized spacial score (nSPS) is 17.8. The first-order chi connectivity index (χ1) is 6.18. The van der Waals surface area contributed by atoms with E-state index < -0.39 is 0 Å². The van der Waals surface area contributed by atoms with Crippen molar-refractivity contribution in [2.24, 2.45) is 0 Å². The molecule has 0 amide bonds. The van der Waals surface area contributed by atoms with Crippen molar-refractivity contribution >= 4 is 0 Å². The smallest absolute Gasteiger partial charge is 0.232 e. The van der Waals surface area contributed by atoms with Gasteiger partial charge in [0.15, 0.2) is 0 Å². The lowest BCUT2D eigenvalue weighted by Crippen LogP contribution is -2.10. The van der Waals surface area contributed by atoms with E-state index in [2.05, 4.69) is 23.8 Å². The second-order valence-electron chi connectivity index (χ2n) is 4.14. The predicted molar refractivity (Wildman–Crippen MR) is 50.9 cm³/mol. The number of aromatic nitrogens is 2. The van der Waals surface area contributed by atoms with Gasteiger partial charge in [0, 0.05) is 5.92 Å². The molecule has 13 heavy (non-hydrogen) atoms. The fourth-order valence-corrected chi connectivity index (χ4v) is 1.67. The van der Waals surface area contributed by atoms with Gasteiger partial charge in [0.25, 0.3) is 0 Å². The van der Waals surface area contributed by atoms with E-state index in [1.165, 1.54) is 19.3 Å². The Morgan fingerprint density at radius 1 is 1.46 bits per heavy atom. The molecule has 1 aromatic heterocycles. The molecule has 1 saturated carbocycles. The van der Waals surface area contributed by atoms with Gasteiger partial charge in [-0.2, -0.15) is 4.98 Å². The van der Waals surface area contributed by atoms with E-state index in [1.807, 2.05) is 0 Å². The highest BCUT2D eigenvalue weighted by Gasteiger charge is 2.24. The Hall–Kier alpha value is -0.990. The fraction of sp³-hybridized carbons (Fsp3) is 0.700. The summed E-state index contributed by atoms with van der Waals surface area (Å²) in [5.41, 5.74) is 0.877. The molecule has 1 aromatic rings. The zero-order valence-corrected chi connectivity index (χ0v) is 8.17. The van der Waals surface area contributed by atoms with Crippen LogP contribution in [-0.4, -0.2) is 15.1 Å². The van der Waals surface area contributed by atoms with E-state index in [0.29, 0.717) is 11.8 Å². The van der Waals surface area contributed by atoms with Gasteiger partial charge < -0.3 is 10.1 Å². The molecule has 2 rings (SSSR count). The molecule has 1 aliphatic rings. The molecule has 0 spiro atoms. The summed E-state index contributed by atoms with van der Waals surface area (Å²) < 4.78 is 0. The Bertz CT molecular complexity index is 300. The molecule has 3 heteroatoms. The third-order valence-electron chi connectivity index (χ3n) is 2.80. The topological polar surface area (TPSA) is 48.9 Å². The fourth-order valence-electron chi connectivity index (χ4n) is 1.67. The summed E-state index contributed by atoms with van der Waals surface area (Å²) in [5.74, 6) is 2.06. The predicted octanol–water partition coefficient (Wildman–Crippen LogP) is 2.51. The summed E-state index contributed by atoms with van der Waals surface area (Å²) in [7, 11) is 0. The van der Waals surface area contributed by atoms with Crippen LogP contribution < -0.4 is 0 Å². The minimum atomic E-state index is 0.192. The third-order valence-corrected chi connectivity index (χ3v) is 2.80. The van der Waals surface area contributed by atoms with Gasteiger partial charge in [-0.05, 0) is 18.8 Å². The molecule has 72 valence electrons. The van der Waals surface area contributed by atoms with Gasteiger partial charge in [0.2, 0.25) is 5.88 Å². The summed E-state index contributed by atoms with van der Waals surface area (Å²) >= 11 is 0. The molecule has 1 heterocycles. The third kappa shape index (κ3) is 1.43. The maximum absolute atomic E-state index is 9.53. The van der Waals surface area contributed by atoms with Crippen molar-refractivity contribution in [2.75, 3.05) is 0 Å². The van der Waals surface area contributed by atoms with Crippen molar-refractivity contribution in [2.45, 2.75) is 44.9 Å². The number of nitrogens with one attached hydrogen (secondary N) is 1. The van der Waals surface area contributed by atoms with Crippen molar-refractivity contribution in [1.82, 2.24) is 9.97 Å². The van der Waals surface area contributed by atoms with E-state index >= 15 is 0 Å². The van der Waals surface area contributed by atoms with Gasteiger partial charge in [-0.1, -0.05) is 20.3 Å². The Morgan fingerprint density at radius 2 is 2.15 bits per heavy atom. The molecule has 0 unspecified atom stereocenters. The lowest BCUT2D eigenvalue weighted by Gasteiger charge is -2.22. The summed E-state index contributed by atoms with van der Waals surface area (Å²) in [5, 5.41) is 9.53. The Kier molecular flexibility index (Phi) is 2.02. The monoisotopic (exact) mass is 180 g/mol. The first-order valence-corrected chi connectivity index (χ1v) is 4.97. The molecule has 0 bridgehead atoms. The SMILES string of the molecule is CC(C)c1[nH]c(C2CCC2)nc1O. The zero-order chi connectivity index (χ0) is 9.42. The number of rotatable bonds is 2. The molecule has 0 aliphatic heterocycles. The molecule has 0 saturated heterocycles. The molecule has 2 N–H and O–H groups in total. The standard InChI is InChI=1S/C10H16N2O/c1-6(2)8-10(13)12-9(11-8)7-4-3-5-7/h6-7,13H,3-5H2,1-2H3,(H,11,12). The van der Waals surface area contributed by atoms with E-state index in [1.54, 1.807) is 0 Å². The van der Waals surface area contributed by atoms with Crippen molar-refractivity contribution in [1.29, 1.82) is 0 Å². The molecule has 0 atom stereocenters. The second kappa shape index (κ2) is 3.05. The van der Waals surface area contributed by atoms with Gasteiger partial charge in [0.05, 0.1) is 5.69 Å². The Balaban J connectivity index is 2.23. The molecule has 0 radical (unpaired) electrons. The van der Waals surface area contributed by atoms with Crippen LogP contribution in [0.25, 0.3) is 0 Å². The van der Waals surface area contributed by atoms with E-state index in [4.69, 9.17) is 0 Å². The highest BCUT2D eigenvalue weighted by molar-refractivity contribution is 5.24. The van der Waals surface area contributed by atoms with Crippen LogP contribution >= 0.6 is 0 Å². The summed E-state index contributed by atoms with van der Waals surface area (Å²) in [6.45, 7) is 4.11. The van der Waals surface area contributed by atoms with Crippen LogP contribution in [0.3, 0.4) is 0 Å². The number of imidazole rings is 1. The highest BCUT2D eigenvalue weighted by Crippen LogP contribution is 2.36. The van der Waals surface area contributed by atoms with Crippen LogP contribution in [-0.2, 0) is 0 Å². The molecule has 1 fully saturated rings. The van der Waals surface area contributed by atoms with Gasteiger partial charge in [-0.3, -0.25) is 0 Å². The van der Waals surface area contributed by atoms with Crippen LogP contribution in [0.15, 0.2) is 0 Å². The van der Waals surface area contributed by atoms with Crippen LogP contribution in [0.2, 0.25) is 0 Å². The highest BCUT2D eigenvalue weighted by atomic mass is 16.3. The Morgan fingerprint density at radius 3 is 2.54 bits per heavy atom. The lowest BCUT2D eigenvalue weighted by molar-refractivity contribution is 0.398. The second-order valence-corrected chi connectivity index (χ2v) is 4.14. The average Bonchev–Trinajstić information content (AvgIpc) is 2.27. The zero-order valence-electron chi connectivity index (χ0n) is 8.17. The molecular weight excluding hydrogens is 164 g/mol. The van der Waals surface area contributed by atoms with E-state index in [0.717, 1.165) is 11.5 Å². The molecule has 1 aliphatic carbocycles. The average molecular weight is 180 g/mol. The van der Waals surface area contributed by atoms with Crippen LogP contribution in [0, 0.1) is 0 Å². The van der Waals surface area contributed by atoms with Gasteiger partial charge in [-0.15, -0.1) is 0 Å². The minimum absolute atomic E-state index is 0.192. The van der Waals surface area contributed by atoms with Gasteiger partial charge in [0.1, 0.15) is 5.82 Å². The van der Waals surface area contributed by atoms with Gasteiger partial charge in [-0.25, -0.2) is 0 Å². The van der Waals surface area contributed by atoms with E-state index in [-0.39, 0.29) is 5.88 Å². The number of H-pyrrole nitrogens is 1. The van der Waals surface area contributed by atoms with Crippen molar-refractivity contribution < 1.29 is 5.11 Å². The van der Waals surface area contributed by atoms with Crippen molar-refractivity contribution in [3.05, 3.63) is 11.5 Å². The molecule has 0 aromatic carbocycles. The van der Waals surface area contributed by atoms with Crippen LogP contribution in [0.1, 0.15) is 56.5 Å². The van der Waals surface area contributed by atoms with Gasteiger partial charge >= 0.3 is 0 Å². The van der Waals surface area contributed by atoms with E-state index in [9.17, 15) is 5.11 Å². The Labute approximate surface area is 78.2 Å². The minimum Gasteiger partial charge on any atom is -0.492 e. The lowest BCUT2D eigenvalue weighted by atomic mass is 9.85. The maximum atomic E-state index is 9.53. The van der Waals surface area contributed by atoms with Crippen molar-refractivity contribution in [3.8, 4) is 5.88 Å². The number of hydrogen-bond acceptors (Lipinski definition) is 2. The largest absolute Gasteiger partial charge is 0.492 e. The summed E-state index contributed by atoms with van der Waals surface area (Å²) in [6.07, 6.45) is 3.72.